The predicted molar refractivity (Wildman–Crippen MR) is 97.5 cm³/mol. The number of nitrogens with one attached hydrogen (secondary N) is 1. The van der Waals surface area contributed by atoms with Gasteiger partial charge >= 0.3 is 0 Å². The van der Waals surface area contributed by atoms with E-state index in [-0.39, 0.29) is 11.9 Å². The summed E-state index contributed by atoms with van der Waals surface area (Å²) in [6.45, 7) is 10.5. The van der Waals surface area contributed by atoms with E-state index < -0.39 is 0 Å². The highest BCUT2D eigenvalue weighted by molar-refractivity contribution is 5.93. The molecular formula is C19H34N2O. The number of nitrogens with zero attached hydrogens (tertiary/aromatic N) is 1. The molecule has 0 bridgehead atoms. The van der Waals surface area contributed by atoms with E-state index in [1.54, 1.807) is 7.05 Å². The number of amides is 1. The lowest BCUT2D eigenvalue weighted by Gasteiger charge is -2.23. The minimum atomic E-state index is 0.0692. The van der Waals surface area contributed by atoms with Gasteiger partial charge in [-0.25, -0.2) is 0 Å². The maximum Gasteiger partial charge on any atom is 0.220 e. The molecule has 22 heavy (non-hydrogen) atoms. The maximum absolute atomic E-state index is 12.1. The van der Waals surface area contributed by atoms with Crippen LogP contribution in [0, 0.1) is 5.92 Å². The fourth-order valence-electron chi connectivity index (χ4n) is 2.31. The second kappa shape index (κ2) is 12.2. The zero-order valence-electron chi connectivity index (χ0n) is 15.3. The molecule has 0 aliphatic heterocycles. The molecule has 1 unspecified atom stereocenters. The standard InChI is InChI=1S/C19H34N2O/c1-7-16(5)13-11-9-10-12-14-18(22)21-19(15(3)4)17(8-2)20-6/h7,11,13,15,19H,8-10,12,14H2,1-6H3,(H,21,22). The average Bonchev–Trinajstić information content (AvgIpc) is 2.50. The van der Waals surface area contributed by atoms with Gasteiger partial charge in [-0.15, -0.1) is 0 Å². The minimum absolute atomic E-state index is 0.0692. The van der Waals surface area contributed by atoms with Crippen LogP contribution in [0.2, 0.25) is 0 Å². The molecule has 1 N–H and O–H groups in total. The van der Waals surface area contributed by atoms with E-state index in [4.69, 9.17) is 0 Å². The quantitative estimate of drug-likeness (QED) is 0.355. The summed E-state index contributed by atoms with van der Waals surface area (Å²) in [5.41, 5.74) is 2.36. The Bertz CT molecular complexity index is 406. The first-order valence-electron chi connectivity index (χ1n) is 8.50. The first-order valence-corrected chi connectivity index (χ1v) is 8.50. The number of unbranched alkanes of at least 4 members (excludes halogenated alkanes) is 2. The van der Waals surface area contributed by atoms with E-state index in [2.05, 4.69) is 56.2 Å². The highest BCUT2D eigenvalue weighted by Gasteiger charge is 2.20. The largest absolute Gasteiger partial charge is 0.348 e. The normalized spacial score (nSPS) is 14.7. The molecule has 0 saturated carbocycles. The summed E-state index contributed by atoms with van der Waals surface area (Å²) < 4.78 is 0. The van der Waals surface area contributed by atoms with Gasteiger partial charge in [0.05, 0.1) is 6.04 Å². The van der Waals surface area contributed by atoms with Gasteiger partial charge in [0.1, 0.15) is 0 Å². The fourth-order valence-corrected chi connectivity index (χ4v) is 2.31. The highest BCUT2D eigenvalue weighted by Crippen LogP contribution is 2.09. The third kappa shape index (κ3) is 8.81. The number of hydrogen-bond acceptors (Lipinski definition) is 2. The molecule has 1 amide bonds. The van der Waals surface area contributed by atoms with Crippen LogP contribution >= 0.6 is 0 Å². The molecule has 0 spiro atoms. The van der Waals surface area contributed by atoms with Gasteiger partial charge < -0.3 is 5.32 Å². The third-order valence-electron chi connectivity index (χ3n) is 3.85. The minimum Gasteiger partial charge on any atom is -0.348 e. The molecule has 0 rings (SSSR count). The van der Waals surface area contributed by atoms with Crippen molar-refractivity contribution in [3.8, 4) is 0 Å². The molecule has 3 nitrogen and oxygen atoms in total. The van der Waals surface area contributed by atoms with Crippen molar-refractivity contribution in [3.63, 3.8) is 0 Å². The van der Waals surface area contributed by atoms with Crippen LogP contribution in [0.3, 0.4) is 0 Å². The van der Waals surface area contributed by atoms with Gasteiger partial charge in [-0.3, -0.25) is 9.79 Å². The second-order valence-electron chi connectivity index (χ2n) is 6.04. The third-order valence-corrected chi connectivity index (χ3v) is 3.85. The van der Waals surface area contributed by atoms with Crippen molar-refractivity contribution in [1.29, 1.82) is 0 Å². The van der Waals surface area contributed by atoms with E-state index in [1.807, 2.05) is 6.92 Å². The number of rotatable bonds is 10. The molecule has 0 saturated heterocycles. The van der Waals surface area contributed by atoms with Crippen LogP contribution in [0.5, 0.6) is 0 Å². The van der Waals surface area contributed by atoms with Crippen molar-refractivity contribution in [2.75, 3.05) is 7.05 Å². The van der Waals surface area contributed by atoms with Crippen molar-refractivity contribution >= 4 is 11.6 Å². The second-order valence-corrected chi connectivity index (χ2v) is 6.04. The van der Waals surface area contributed by atoms with Crippen molar-refractivity contribution in [2.45, 2.75) is 72.8 Å². The van der Waals surface area contributed by atoms with Gasteiger partial charge in [-0.2, -0.15) is 0 Å². The SMILES string of the molecule is CC=C(C)C=CCCCCC(=O)NC(C(CC)=NC)C(C)C. The molecule has 0 aliphatic carbocycles. The van der Waals surface area contributed by atoms with Crippen LogP contribution in [-0.2, 0) is 4.79 Å². The summed E-state index contributed by atoms with van der Waals surface area (Å²) in [6.07, 6.45) is 10.9. The lowest BCUT2D eigenvalue weighted by atomic mass is 9.97. The Balaban J connectivity index is 4.14. The Kier molecular flexibility index (Phi) is 11.4. The molecule has 0 radical (unpaired) electrons. The first kappa shape index (κ1) is 20.6. The van der Waals surface area contributed by atoms with Crippen LogP contribution < -0.4 is 5.32 Å². The molecule has 0 aromatic rings. The van der Waals surface area contributed by atoms with Gasteiger partial charge in [-0.1, -0.05) is 44.6 Å². The molecule has 0 aromatic heterocycles. The number of carbonyl (C=O) groups is 1. The summed E-state index contributed by atoms with van der Waals surface area (Å²) in [4.78, 5) is 16.4. The van der Waals surface area contributed by atoms with Crippen LogP contribution in [0.15, 0.2) is 28.8 Å². The number of hydrogen-bond donors (Lipinski definition) is 1. The summed E-state index contributed by atoms with van der Waals surface area (Å²) in [5.74, 6) is 0.510. The number of carbonyl (C=O) groups excluding carboxylic acids is 1. The van der Waals surface area contributed by atoms with Crippen molar-refractivity contribution < 1.29 is 4.79 Å². The van der Waals surface area contributed by atoms with E-state index in [0.717, 1.165) is 31.4 Å². The van der Waals surface area contributed by atoms with E-state index in [0.29, 0.717) is 12.3 Å². The number of allylic oxidation sites excluding steroid dienone is 4. The molecular weight excluding hydrogens is 272 g/mol. The van der Waals surface area contributed by atoms with Crippen LogP contribution in [0.4, 0.5) is 0 Å². The lowest BCUT2D eigenvalue weighted by Crippen LogP contribution is -2.44. The molecule has 126 valence electrons. The molecule has 3 heteroatoms. The van der Waals surface area contributed by atoms with E-state index in [1.165, 1.54) is 5.57 Å². The van der Waals surface area contributed by atoms with Crippen LogP contribution in [0.1, 0.15) is 66.7 Å². The topological polar surface area (TPSA) is 41.5 Å². The van der Waals surface area contributed by atoms with Crippen LogP contribution in [0.25, 0.3) is 0 Å². The Morgan fingerprint density at radius 1 is 1.27 bits per heavy atom. The Labute approximate surface area is 137 Å². The molecule has 0 aliphatic rings. The summed E-state index contributed by atoms with van der Waals surface area (Å²) >= 11 is 0. The Morgan fingerprint density at radius 2 is 1.95 bits per heavy atom. The van der Waals surface area contributed by atoms with Gasteiger partial charge in [0, 0.05) is 19.2 Å². The van der Waals surface area contributed by atoms with E-state index in [9.17, 15) is 4.79 Å². The number of aliphatic imine (C=N–C) groups is 1. The van der Waals surface area contributed by atoms with Crippen LogP contribution in [-0.4, -0.2) is 24.7 Å². The van der Waals surface area contributed by atoms with Gasteiger partial charge in [-0.05, 0) is 45.4 Å². The lowest BCUT2D eigenvalue weighted by molar-refractivity contribution is -0.121. The molecule has 0 aromatic carbocycles. The zero-order valence-corrected chi connectivity index (χ0v) is 15.3. The smallest absolute Gasteiger partial charge is 0.220 e. The maximum atomic E-state index is 12.1. The van der Waals surface area contributed by atoms with E-state index >= 15 is 0 Å². The first-order chi connectivity index (χ1) is 10.5. The fraction of sp³-hybridized carbons (Fsp3) is 0.684. The highest BCUT2D eigenvalue weighted by atomic mass is 16.1. The van der Waals surface area contributed by atoms with Crippen molar-refractivity contribution in [3.05, 3.63) is 23.8 Å². The van der Waals surface area contributed by atoms with Gasteiger partial charge in [0.25, 0.3) is 0 Å². The van der Waals surface area contributed by atoms with Gasteiger partial charge in [0.15, 0.2) is 0 Å². The Hall–Kier alpha value is -1.38. The predicted octanol–water partition coefficient (Wildman–Crippen LogP) is 4.69. The summed E-state index contributed by atoms with van der Waals surface area (Å²) in [5, 5.41) is 3.14. The molecule has 1 atom stereocenters. The molecule has 0 heterocycles. The summed E-state index contributed by atoms with van der Waals surface area (Å²) in [6, 6.07) is 0.0692. The van der Waals surface area contributed by atoms with Crippen molar-refractivity contribution in [1.82, 2.24) is 5.32 Å². The van der Waals surface area contributed by atoms with Gasteiger partial charge in [0.2, 0.25) is 5.91 Å². The Morgan fingerprint density at radius 3 is 2.45 bits per heavy atom. The summed E-state index contributed by atoms with van der Waals surface area (Å²) in [7, 11) is 1.81. The molecule has 0 fully saturated rings. The van der Waals surface area contributed by atoms with Crippen molar-refractivity contribution in [2.24, 2.45) is 10.9 Å². The zero-order chi connectivity index (χ0) is 17.0. The monoisotopic (exact) mass is 306 g/mol. The average molecular weight is 306 g/mol.